The van der Waals surface area contributed by atoms with Gasteiger partial charge >= 0.3 is 5.97 Å². The number of fused-ring (bicyclic) bond motifs is 1. The summed E-state index contributed by atoms with van der Waals surface area (Å²) in [6.07, 6.45) is 1.80. The molecule has 3 aromatic rings. The zero-order valence-electron chi connectivity index (χ0n) is 17.6. The number of methoxy groups -OCH3 is 1. The highest BCUT2D eigenvalue weighted by Crippen LogP contribution is 2.38. The summed E-state index contributed by atoms with van der Waals surface area (Å²) in [6, 6.07) is 20.3. The van der Waals surface area contributed by atoms with E-state index in [9.17, 15) is 9.59 Å². The first-order valence-electron chi connectivity index (χ1n) is 10.5. The normalized spacial score (nSPS) is 13.5. The van der Waals surface area contributed by atoms with E-state index in [1.807, 2.05) is 48.5 Å². The maximum absolute atomic E-state index is 12.6. The molecule has 0 atom stereocenters. The first-order valence-corrected chi connectivity index (χ1v) is 11.3. The van der Waals surface area contributed by atoms with Crippen LogP contribution in [0.2, 0.25) is 0 Å². The van der Waals surface area contributed by atoms with Gasteiger partial charge in [-0.2, -0.15) is 0 Å². The third-order valence-corrected chi connectivity index (χ3v) is 6.64. The quantitative estimate of drug-likeness (QED) is 0.549. The Morgan fingerprint density at radius 1 is 1.03 bits per heavy atom. The molecule has 6 heteroatoms. The number of carbonyl (C=O) groups is 2. The van der Waals surface area contributed by atoms with Gasteiger partial charge in [-0.15, -0.1) is 11.3 Å². The number of amides is 1. The summed E-state index contributed by atoms with van der Waals surface area (Å²) in [5.41, 5.74) is 3.92. The van der Waals surface area contributed by atoms with Crippen LogP contribution in [-0.2, 0) is 35.5 Å². The van der Waals surface area contributed by atoms with Crippen LogP contribution in [0.1, 0.15) is 38.3 Å². The van der Waals surface area contributed by atoms with Crippen molar-refractivity contribution in [1.29, 1.82) is 0 Å². The van der Waals surface area contributed by atoms with Gasteiger partial charge < -0.3 is 10.1 Å². The van der Waals surface area contributed by atoms with Crippen molar-refractivity contribution in [2.75, 3.05) is 19.0 Å². The Balaban J connectivity index is 1.48. The second-order valence-electron chi connectivity index (χ2n) is 7.68. The zero-order chi connectivity index (χ0) is 21.6. The smallest absolute Gasteiger partial charge is 0.341 e. The van der Waals surface area contributed by atoms with Gasteiger partial charge in [-0.1, -0.05) is 60.7 Å². The molecule has 0 unspecified atom stereocenters. The second-order valence-corrected chi connectivity index (χ2v) is 8.78. The maximum atomic E-state index is 12.6. The Hall–Kier alpha value is -2.96. The van der Waals surface area contributed by atoms with Gasteiger partial charge in [-0.25, -0.2) is 4.79 Å². The van der Waals surface area contributed by atoms with E-state index >= 15 is 0 Å². The van der Waals surface area contributed by atoms with Crippen molar-refractivity contribution in [2.24, 2.45) is 0 Å². The summed E-state index contributed by atoms with van der Waals surface area (Å²) in [4.78, 5) is 28.6. The number of rotatable bonds is 7. The number of hydrogen-bond acceptors (Lipinski definition) is 5. The Morgan fingerprint density at radius 3 is 2.39 bits per heavy atom. The monoisotopic (exact) mass is 434 g/mol. The lowest BCUT2D eigenvalue weighted by atomic mass is 10.0. The van der Waals surface area contributed by atoms with E-state index < -0.39 is 0 Å². The summed E-state index contributed by atoms with van der Waals surface area (Å²) < 4.78 is 5.04. The van der Waals surface area contributed by atoms with E-state index in [-0.39, 0.29) is 11.9 Å². The molecule has 1 amide bonds. The zero-order valence-corrected chi connectivity index (χ0v) is 18.4. The number of hydrogen-bond donors (Lipinski definition) is 1. The van der Waals surface area contributed by atoms with E-state index in [0.29, 0.717) is 23.4 Å². The van der Waals surface area contributed by atoms with Crippen molar-refractivity contribution in [2.45, 2.75) is 32.4 Å². The minimum atomic E-state index is -0.382. The topological polar surface area (TPSA) is 58.6 Å². The lowest BCUT2D eigenvalue weighted by Crippen LogP contribution is -2.29. The maximum Gasteiger partial charge on any atom is 0.341 e. The van der Waals surface area contributed by atoms with E-state index in [2.05, 4.69) is 22.3 Å². The molecule has 0 aliphatic carbocycles. The van der Waals surface area contributed by atoms with Crippen molar-refractivity contribution in [3.05, 3.63) is 87.8 Å². The van der Waals surface area contributed by atoms with E-state index in [1.165, 1.54) is 24.0 Å². The predicted molar refractivity (Wildman–Crippen MR) is 123 cm³/mol. The van der Waals surface area contributed by atoms with Gasteiger partial charge in [0.25, 0.3) is 0 Å². The molecular formula is C25H26N2O3S. The van der Waals surface area contributed by atoms with Gasteiger partial charge in [0.2, 0.25) is 5.91 Å². The van der Waals surface area contributed by atoms with Crippen LogP contribution in [0, 0.1) is 0 Å². The Labute approximate surface area is 186 Å². The minimum absolute atomic E-state index is 0.0891. The fourth-order valence-electron chi connectivity index (χ4n) is 3.93. The average Bonchev–Trinajstić information content (AvgIpc) is 3.15. The molecule has 31 heavy (non-hydrogen) atoms. The van der Waals surface area contributed by atoms with Gasteiger partial charge in [-0.3, -0.25) is 9.69 Å². The molecule has 2 heterocycles. The number of carbonyl (C=O) groups excluding carboxylic acids is 2. The highest BCUT2D eigenvalue weighted by molar-refractivity contribution is 7.17. The van der Waals surface area contributed by atoms with Crippen LogP contribution in [0.3, 0.4) is 0 Å². The number of aryl methyl sites for hydroxylation is 1. The molecule has 1 aromatic heterocycles. The summed E-state index contributed by atoms with van der Waals surface area (Å²) in [5, 5.41) is 3.59. The van der Waals surface area contributed by atoms with Gasteiger partial charge in [0.15, 0.2) is 0 Å². The molecule has 160 valence electrons. The minimum Gasteiger partial charge on any atom is -0.465 e. The first kappa shape index (κ1) is 21.3. The van der Waals surface area contributed by atoms with Crippen LogP contribution in [0.15, 0.2) is 60.7 Å². The molecule has 0 fully saturated rings. The molecular weight excluding hydrogens is 408 g/mol. The standard InChI is InChI=1S/C25H26N2O3S/c1-30-25(29)23-20-14-15-27(16-19-10-6-3-7-11-19)17-21(20)31-24(23)26-22(28)13-12-18-8-4-2-5-9-18/h2-11H,12-17H2,1H3,(H,26,28). The van der Waals surface area contributed by atoms with Crippen LogP contribution in [0.25, 0.3) is 0 Å². The van der Waals surface area contributed by atoms with Crippen molar-refractivity contribution in [3.63, 3.8) is 0 Å². The number of esters is 1. The number of anilines is 1. The number of benzene rings is 2. The van der Waals surface area contributed by atoms with Crippen LogP contribution in [0.5, 0.6) is 0 Å². The average molecular weight is 435 g/mol. The summed E-state index contributed by atoms with van der Waals surface area (Å²) in [7, 11) is 1.39. The predicted octanol–water partition coefficient (Wildman–Crippen LogP) is 4.66. The Morgan fingerprint density at radius 2 is 1.71 bits per heavy atom. The molecule has 1 aliphatic rings. The van der Waals surface area contributed by atoms with Crippen LogP contribution < -0.4 is 5.32 Å². The SMILES string of the molecule is COC(=O)c1c(NC(=O)CCc2ccccc2)sc2c1CCN(Cc1ccccc1)C2. The molecule has 4 rings (SSSR count). The molecule has 0 radical (unpaired) electrons. The summed E-state index contributed by atoms with van der Waals surface area (Å²) >= 11 is 1.50. The van der Waals surface area contributed by atoms with Crippen LogP contribution in [0.4, 0.5) is 5.00 Å². The Bertz CT molecular complexity index is 1050. The second kappa shape index (κ2) is 9.90. The number of nitrogens with one attached hydrogen (secondary N) is 1. The molecule has 1 N–H and O–H groups in total. The fraction of sp³-hybridized carbons (Fsp3) is 0.280. The lowest BCUT2D eigenvalue weighted by molar-refractivity contribution is -0.116. The highest BCUT2D eigenvalue weighted by atomic mass is 32.1. The molecule has 0 bridgehead atoms. The van der Waals surface area contributed by atoms with Gasteiger partial charge in [-0.05, 0) is 29.5 Å². The van der Waals surface area contributed by atoms with Gasteiger partial charge in [0.1, 0.15) is 5.00 Å². The van der Waals surface area contributed by atoms with Gasteiger partial charge in [0, 0.05) is 30.9 Å². The summed E-state index contributed by atoms with van der Waals surface area (Å²) in [5.74, 6) is -0.471. The van der Waals surface area contributed by atoms with E-state index in [4.69, 9.17) is 4.74 Å². The van der Waals surface area contributed by atoms with Crippen molar-refractivity contribution in [3.8, 4) is 0 Å². The molecule has 1 aliphatic heterocycles. The molecule has 5 nitrogen and oxygen atoms in total. The molecule has 0 spiro atoms. The first-order chi connectivity index (χ1) is 15.1. The molecule has 0 saturated heterocycles. The largest absolute Gasteiger partial charge is 0.465 e. The summed E-state index contributed by atoms with van der Waals surface area (Å²) in [6.45, 7) is 2.49. The van der Waals surface area contributed by atoms with Crippen molar-refractivity contribution in [1.82, 2.24) is 4.90 Å². The van der Waals surface area contributed by atoms with Crippen molar-refractivity contribution >= 4 is 28.2 Å². The fourth-order valence-corrected chi connectivity index (χ4v) is 5.23. The Kier molecular flexibility index (Phi) is 6.79. The third-order valence-electron chi connectivity index (χ3n) is 5.51. The molecule has 0 saturated carbocycles. The van der Waals surface area contributed by atoms with Gasteiger partial charge in [0.05, 0.1) is 12.7 Å². The highest BCUT2D eigenvalue weighted by Gasteiger charge is 2.29. The molecule has 2 aromatic carbocycles. The number of thiophene rings is 1. The van der Waals surface area contributed by atoms with E-state index in [0.717, 1.165) is 42.1 Å². The van der Waals surface area contributed by atoms with E-state index in [1.54, 1.807) is 0 Å². The number of nitrogens with zero attached hydrogens (tertiary/aromatic N) is 1. The van der Waals surface area contributed by atoms with Crippen LogP contribution in [-0.4, -0.2) is 30.4 Å². The number of ether oxygens (including phenoxy) is 1. The lowest BCUT2D eigenvalue weighted by Gasteiger charge is -2.27. The van der Waals surface area contributed by atoms with Crippen molar-refractivity contribution < 1.29 is 14.3 Å². The van der Waals surface area contributed by atoms with Crippen LogP contribution >= 0.6 is 11.3 Å². The third kappa shape index (κ3) is 5.21.